The zero-order chi connectivity index (χ0) is 15.4. The van der Waals surface area contributed by atoms with Crippen molar-refractivity contribution >= 4 is 17.6 Å². The lowest BCUT2D eigenvalue weighted by Crippen LogP contribution is -2.06. The Morgan fingerprint density at radius 2 is 1.90 bits per heavy atom. The van der Waals surface area contributed by atoms with E-state index in [0.29, 0.717) is 5.88 Å². The molecule has 0 aliphatic heterocycles. The molecule has 5 heteroatoms. The molecule has 0 aliphatic carbocycles. The first-order chi connectivity index (χ1) is 10.1. The number of thioether (sulfide) groups is 1. The van der Waals surface area contributed by atoms with Gasteiger partial charge in [0.05, 0.1) is 5.56 Å². The second kappa shape index (κ2) is 6.80. The van der Waals surface area contributed by atoms with Crippen molar-refractivity contribution in [3.63, 3.8) is 0 Å². The highest BCUT2D eigenvalue weighted by Crippen LogP contribution is 2.33. The zero-order valence-corrected chi connectivity index (χ0v) is 13.9. The van der Waals surface area contributed by atoms with Gasteiger partial charge in [-0.25, -0.2) is 4.98 Å². The van der Waals surface area contributed by atoms with Gasteiger partial charge >= 0.3 is 0 Å². The molecule has 2 aromatic rings. The summed E-state index contributed by atoms with van der Waals surface area (Å²) in [5.74, 6) is 3.27. The molecular formula is C16H21N3OS. The molecule has 0 unspecified atom stereocenters. The average molecular weight is 303 g/mol. The molecular weight excluding hydrogens is 282 g/mol. The van der Waals surface area contributed by atoms with Crippen molar-refractivity contribution in [2.24, 2.45) is 0 Å². The minimum atomic E-state index is 0.246. The number of aromatic nitrogens is 2. The Balaban J connectivity index is 2.45. The zero-order valence-electron chi connectivity index (χ0n) is 13.1. The van der Waals surface area contributed by atoms with Crippen molar-refractivity contribution in [1.29, 1.82) is 0 Å². The van der Waals surface area contributed by atoms with Crippen LogP contribution in [0.4, 0.5) is 5.82 Å². The van der Waals surface area contributed by atoms with E-state index >= 15 is 0 Å². The van der Waals surface area contributed by atoms with Crippen LogP contribution < -0.4 is 10.1 Å². The summed E-state index contributed by atoms with van der Waals surface area (Å²) >= 11 is 1.66. The first-order valence-corrected chi connectivity index (χ1v) is 8.16. The molecule has 0 radical (unpaired) electrons. The van der Waals surface area contributed by atoms with Crippen LogP contribution in [0.3, 0.4) is 0 Å². The number of hydrogen-bond donors (Lipinski definition) is 1. The lowest BCUT2D eigenvalue weighted by molar-refractivity contribution is 0.443. The van der Waals surface area contributed by atoms with Crippen molar-refractivity contribution < 1.29 is 4.74 Å². The van der Waals surface area contributed by atoms with Crippen LogP contribution >= 0.6 is 11.8 Å². The monoisotopic (exact) mass is 303 g/mol. The third kappa shape index (κ3) is 3.47. The molecule has 4 nitrogen and oxygen atoms in total. The number of hydrogen-bond acceptors (Lipinski definition) is 5. The minimum Gasteiger partial charge on any atom is -0.437 e. The fourth-order valence-corrected chi connectivity index (χ4v) is 2.45. The van der Waals surface area contributed by atoms with Crippen molar-refractivity contribution in [2.75, 3.05) is 18.6 Å². The summed E-state index contributed by atoms with van der Waals surface area (Å²) in [7, 11) is 1.86. The van der Waals surface area contributed by atoms with Crippen LogP contribution in [0.15, 0.2) is 29.2 Å². The SMILES string of the molecule is CNc1nc(C(C)C)nc(Oc2ccccc2SC)c1C. The van der Waals surface area contributed by atoms with E-state index in [1.54, 1.807) is 11.8 Å². The predicted molar refractivity (Wildman–Crippen MR) is 88.7 cm³/mol. The van der Waals surface area contributed by atoms with Gasteiger partial charge in [-0.05, 0) is 25.3 Å². The Morgan fingerprint density at radius 3 is 2.52 bits per heavy atom. The first-order valence-electron chi connectivity index (χ1n) is 6.94. The van der Waals surface area contributed by atoms with Crippen LogP contribution in [0, 0.1) is 6.92 Å². The summed E-state index contributed by atoms with van der Waals surface area (Å²) < 4.78 is 6.05. The van der Waals surface area contributed by atoms with Gasteiger partial charge in [-0.15, -0.1) is 11.8 Å². The highest BCUT2D eigenvalue weighted by Gasteiger charge is 2.15. The summed E-state index contributed by atoms with van der Waals surface area (Å²) in [6.07, 6.45) is 2.04. The summed E-state index contributed by atoms with van der Waals surface area (Å²) in [6, 6.07) is 7.97. The third-order valence-electron chi connectivity index (χ3n) is 3.15. The van der Waals surface area contributed by atoms with Crippen LogP contribution in [0.5, 0.6) is 11.6 Å². The fraction of sp³-hybridized carbons (Fsp3) is 0.375. The Hall–Kier alpha value is -1.75. The molecule has 2 rings (SSSR count). The fourth-order valence-electron chi connectivity index (χ4n) is 1.92. The highest BCUT2D eigenvalue weighted by atomic mass is 32.2. The minimum absolute atomic E-state index is 0.246. The van der Waals surface area contributed by atoms with E-state index in [-0.39, 0.29) is 5.92 Å². The maximum atomic E-state index is 6.05. The Kier molecular flexibility index (Phi) is 5.07. The number of para-hydroxylation sites is 1. The molecule has 0 atom stereocenters. The lowest BCUT2D eigenvalue weighted by atomic mass is 10.2. The van der Waals surface area contributed by atoms with E-state index in [4.69, 9.17) is 4.74 Å². The van der Waals surface area contributed by atoms with Crippen molar-refractivity contribution in [3.8, 4) is 11.6 Å². The smallest absolute Gasteiger partial charge is 0.227 e. The summed E-state index contributed by atoms with van der Waals surface area (Å²) in [5.41, 5.74) is 0.915. The molecule has 0 aliphatic rings. The van der Waals surface area contributed by atoms with Crippen molar-refractivity contribution in [1.82, 2.24) is 9.97 Å². The number of nitrogens with zero attached hydrogens (tertiary/aromatic N) is 2. The van der Waals surface area contributed by atoms with Gasteiger partial charge in [-0.3, -0.25) is 0 Å². The van der Waals surface area contributed by atoms with E-state index in [2.05, 4.69) is 29.1 Å². The molecule has 0 saturated carbocycles. The van der Waals surface area contributed by atoms with Gasteiger partial charge in [0.2, 0.25) is 5.88 Å². The molecule has 1 heterocycles. The van der Waals surface area contributed by atoms with E-state index in [1.165, 1.54) is 0 Å². The number of ether oxygens (including phenoxy) is 1. The van der Waals surface area contributed by atoms with E-state index in [1.807, 2.05) is 44.5 Å². The number of rotatable bonds is 5. The summed E-state index contributed by atoms with van der Waals surface area (Å²) in [4.78, 5) is 10.2. The van der Waals surface area contributed by atoms with Gasteiger partial charge in [0.25, 0.3) is 0 Å². The highest BCUT2D eigenvalue weighted by molar-refractivity contribution is 7.98. The number of benzene rings is 1. The Morgan fingerprint density at radius 1 is 1.19 bits per heavy atom. The molecule has 1 N–H and O–H groups in total. The van der Waals surface area contributed by atoms with Crippen LogP contribution in [0.1, 0.15) is 31.2 Å². The van der Waals surface area contributed by atoms with Gasteiger partial charge < -0.3 is 10.1 Å². The van der Waals surface area contributed by atoms with Crippen LogP contribution in [0.25, 0.3) is 0 Å². The topological polar surface area (TPSA) is 47.0 Å². The van der Waals surface area contributed by atoms with E-state index in [9.17, 15) is 0 Å². The molecule has 112 valence electrons. The van der Waals surface area contributed by atoms with E-state index in [0.717, 1.165) is 27.9 Å². The quantitative estimate of drug-likeness (QED) is 0.826. The Labute approximate surface area is 130 Å². The third-order valence-corrected chi connectivity index (χ3v) is 3.92. The summed E-state index contributed by atoms with van der Waals surface area (Å²) in [6.45, 7) is 6.11. The Bertz CT molecular complexity index is 629. The average Bonchev–Trinajstić information content (AvgIpc) is 2.49. The molecule has 0 amide bonds. The normalized spacial score (nSPS) is 10.8. The summed E-state index contributed by atoms with van der Waals surface area (Å²) in [5, 5.41) is 3.11. The van der Waals surface area contributed by atoms with Gasteiger partial charge in [0, 0.05) is 17.9 Å². The van der Waals surface area contributed by atoms with Crippen LogP contribution in [0.2, 0.25) is 0 Å². The van der Waals surface area contributed by atoms with Gasteiger partial charge in [-0.2, -0.15) is 4.98 Å². The van der Waals surface area contributed by atoms with Crippen LogP contribution in [-0.4, -0.2) is 23.3 Å². The molecule has 0 saturated heterocycles. The molecule has 0 fully saturated rings. The molecule has 21 heavy (non-hydrogen) atoms. The number of anilines is 1. The van der Waals surface area contributed by atoms with Gasteiger partial charge in [0.15, 0.2) is 0 Å². The molecule has 0 bridgehead atoms. The maximum Gasteiger partial charge on any atom is 0.227 e. The van der Waals surface area contributed by atoms with Gasteiger partial charge in [-0.1, -0.05) is 26.0 Å². The van der Waals surface area contributed by atoms with Crippen molar-refractivity contribution in [3.05, 3.63) is 35.7 Å². The standard InChI is InChI=1S/C16H21N3OS/c1-10(2)14-18-15(17-4)11(3)16(19-14)20-12-8-6-7-9-13(12)21-5/h6-10H,1-5H3,(H,17,18,19). The molecule has 0 spiro atoms. The predicted octanol–water partition coefficient (Wildman–Crippen LogP) is 4.46. The maximum absolute atomic E-state index is 6.05. The molecule has 1 aromatic heterocycles. The van der Waals surface area contributed by atoms with E-state index < -0.39 is 0 Å². The second-order valence-corrected chi connectivity index (χ2v) is 5.87. The second-order valence-electron chi connectivity index (χ2n) is 5.02. The first kappa shape index (κ1) is 15.6. The van der Waals surface area contributed by atoms with Gasteiger partial charge in [0.1, 0.15) is 17.4 Å². The number of nitrogens with one attached hydrogen (secondary N) is 1. The molecule has 1 aromatic carbocycles. The largest absolute Gasteiger partial charge is 0.437 e. The lowest BCUT2D eigenvalue weighted by Gasteiger charge is -2.15. The van der Waals surface area contributed by atoms with Crippen LogP contribution in [-0.2, 0) is 0 Å². The van der Waals surface area contributed by atoms with Crippen molar-refractivity contribution in [2.45, 2.75) is 31.6 Å².